The second kappa shape index (κ2) is 5.92. The van der Waals surface area contributed by atoms with E-state index in [-0.39, 0.29) is 17.5 Å². The normalized spacial score (nSPS) is 19.4. The van der Waals surface area contributed by atoms with Crippen LogP contribution < -0.4 is 10.6 Å². The molecule has 1 aliphatic rings. The molecule has 1 atom stereocenters. The molecule has 7 heteroatoms. The van der Waals surface area contributed by atoms with Crippen LogP contribution in [0.4, 0.5) is 0 Å². The molecule has 2 rings (SSSR count). The van der Waals surface area contributed by atoms with Crippen LogP contribution in [-0.2, 0) is 11.3 Å². The van der Waals surface area contributed by atoms with Crippen LogP contribution in [0, 0.1) is 5.92 Å². The Kier molecular flexibility index (Phi) is 4.27. The summed E-state index contributed by atoms with van der Waals surface area (Å²) in [7, 11) is 0. The molecular weight excluding hydrogens is 254 g/mol. The van der Waals surface area contributed by atoms with Gasteiger partial charge in [-0.05, 0) is 19.4 Å². The molecule has 1 aromatic heterocycles. The highest BCUT2D eigenvalue weighted by Gasteiger charge is 2.20. The summed E-state index contributed by atoms with van der Waals surface area (Å²) < 4.78 is 0. The number of hydrogen-bond donors (Lipinski definition) is 3. The van der Waals surface area contributed by atoms with Crippen LogP contribution in [-0.4, -0.2) is 35.1 Å². The number of thiazole rings is 1. The van der Waals surface area contributed by atoms with E-state index in [1.165, 1.54) is 16.7 Å². The lowest BCUT2D eigenvalue weighted by Gasteiger charge is -2.21. The molecule has 1 amide bonds. The second-order valence-electron chi connectivity index (χ2n) is 4.19. The van der Waals surface area contributed by atoms with Gasteiger partial charge in [0.25, 0.3) is 0 Å². The number of carbonyl (C=O) groups excluding carboxylic acids is 1. The highest BCUT2D eigenvalue weighted by Crippen LogP contribution is 2.12. The van der Waals surface area contributed by atoms with Crippen molar-refractivity contribution in [3.05, 3.63) is 16.1 Å². The summed E-state index contributed by atoms with van der Waals surface area (Å²) >= 11 is 1.24. The van der Waals surface area contributed by atoms with E-state index in [2.05, 4.69) is 15.6 Å². The van der Waals surface area contributed by atoms with Crippen LogP contribution in [0.2, 0.25) is 0 Å². The summed E-state index contributed by atoms with van der Waals surface area (Å²) in [4.78, 5) is 26.4. The highest BCUT2D eigenvalue weighted by molar-refractivity contribution is 7.09. The number of aromatic carboxylic acids is 1. The van der Waals surface area contributed by atoms with E-state index >= 15 is 0 Å². The maximum Gasteiger partial charge on any atom is 0.355 e. The SMILES string of the molecule is O=C(O)c1csc(CNC(=O)[C@@H]2CCCNC2)n1. The number of aromatic nitrogens is 1. The molecule has 6 nitrogen and oxygen atoms in total. The smallest absolute Gasteiger partial charge is 0.355 e. The van der Waals surface area contributed by atoms with Crippen molar-refractivity contribution in [2.75, 3.05) is 13.1 Å². The molecule has 0 radical (unpaired) electrons. The van der Waals surface area contributed by atoms with Gasteiger partial charge in [-0.15, -0.1) is 11.3 Å². The molecule has 0 aliphatic carbocycles. The van der Waals surface area contributed by atoms with Crippen molar-refractivity contribution in [2.45, 2.75) is 19.4 Å². The lowest BCUT2D eigenvalue weighted by molar-refractivity contribution is -0.125. The fraction of sp³-hybridized carbons (Fsp3) is 0.545. The Morgan fingerprint density at radius 2 is 2.44 bits per heavy atom. The monoisotopic (exact) mass is 269 g/mol. The Bertz CT molecular complexity index is 440. The number of nitrogens with one attached hydrogen (secondary N) is 2. The number of piperidine rings is 1. The van der Waals surface area contributed by atoms with Gasteiger partial charge in [-0.3, -0.25) is 4.79 Å². The molecule has 1 fully saturated rings. The second-order valence-corrected chi connectivity index (χ2v) is 5.14. The summed E-state index contributed by atoms with van der Waals surface area (Å²) in [5.74, 6) is -1.02. The van der Waals surface area contributed by atoms with Crippen molar-refractivity contribution in [1.29, 1.82) is 0 Å². The van der Waals surface area contributed by atoms with Crippen LogP contribution >= 0.6 is 11.3 Å². The summed E-state index contributed by atoms with van der Waals surface area (Å²) in [6, 6.07) is 0. The Hall–Kier alpha value is -1.47. The van der Waals surface area contributed by atoms with Crippen molar-refractivity contribution in [1.82, 2.24) is 15.6 Å². The largest absolute Gasteiger partial charge is 0.476 e. The van der Waals surface area contributed by atoms with Crippen molar-refractivity contribution in [2.24, 2.45) is 5.92 Å². The molecule has 1 aliphatic heterocycles. The molecule has 3 N–H and O–H groups in total. The number of carboxylic acid groups (broad SMARTS) is 1. The van der Waals surface area contributed by atoms with E-state index in [0.29, 0.717) is 18.1 Å². The van der Waals surface area contributed by atoms with E-state index < -0.39 is 5.97 Å². The van der Waals surface area contributed by atoms with Crippen molar-refractivity contribution in [3.63, 3.8) is 0 Å². The summed E-state index contributed by atoms with van der Waals surface area (Å²) in [5, 5.41) is 16.8. The topological polar surface area (TPSA) is 91.3 Å². The van der Waals surface area contributed by atoms with E-state index in [1.807, 2.05) is 0 Å². The molecule has 98 valence electrons. The van der Waals surface area contributed by atoms with E-state index in [1.54, 1.807) is 0 Å². The number of carboxylic acids is 1. The average molecular weight is 269 g/mol. The lowest BCUT2D eigenvalue weighted by Crippen LogP contribution is -2.40. The number of nitrogens with zero attached hydrogens (tertiary/aromatic N) is 1. The minimum absolute atomic E-state index is 0.00859. The minimum atomic E-state index is -1.04. The van der Waals surface area contributed by atoms with Gasteiger partial charge < -0.3 is 15.7 Å². The number of carbonyl (C=O) groups is 2. The minimum Gasteiger partial charge on any atom is -0.476 e. The van der Waals surface area contributed by atoms with E-state index in [0.717, 1.165) is 19.4 Å². The van der Waals surface area contributed by atoms with Gasteiger partial charge in [-0.1, -0.05) is 0 Å². The van der Waals surface area contributed by atoms with Gasteiger partial charge in [-0.25, -0.2) is 9.78 Å². The first kappa shape index (κ1) is 13.0. The van der Waals surface area contributed by atoms with Crippen LogP contribution in [0.3, 0.4) is 0 Å². The Balaban J connectivity index is 1.82. The zero-order chi connectivity index (χ0) is 13.0. The first-order valence-corrected chi connectivity index (χ1v) is 6.71. The van der Waals surface area contributed by atoms with Crippen molar-refractivity contribution < 1.29 is 14.7 Å². The molecule has 0 aromatic carbocycles. The van der Waals surface area contributed by atoms with Gasteiger partial charge in [0.2, 0.25) is 5.91 Å². The lowest BCUT2D eigenvalue weighted by atomic mass is 9.99. The first-order chi connectivity index (χ1) is 8.66. The zero-order valence-electron chi connectivity index (χ0n) is 9.81. The third-order valence-electron chi connectivity index (χ3n) is 2.85. The van der Waals surface area contributed by atoms with Gasteiger partial charge in [0.15, 0.2) is 5.69 Å². The third-order valence-corrected chi connectivity index (χ3v) is 3.70. The van der Waals surface area contributed by atoms with E-state index in [9.17, 15) is 9.59 Å². The fourth-order valence-electron chi connectivity index (χ4n) is 1.87. The standard InChI is InChI=1S/C11H15N3O3S/c15-10(7-2-1-3-12-4-7)13-5-9-14-8(6-18-9)11(16)17/h6-7,12H,1-5H2,(H,13,15)(H,16,17)/t7-/m1/s1. The van der Waals surface area contributed by atoms with Gasteiger partial charge in [0.05, 0.1) is 12.5 Å². The van der Waals surface area contributed by atoms with Gasteiger partial charge >= 0.3 is 5.97 Å². The van der Waals surface area contributed by atoms with Gasteiger partial charge in [0, 0.05) is 11.9 Å². The highest BCUT2D eigenvalue weighted by atomic mass is 32.1. The van der Waals surface area contributed by atoms with Crippen molar-refractivity contribution in [3.8, 4) is 0 Å². The summed E-state index contributed by atoms with van der Waals surface area (Å²) in [6.45, 7) is 1.98. The van der Waals surface area contributed by atoms with Crippen LogP contribution in [0.15, 0.2) is 5.38 Å². The van der Waals surface area contributed by atoms with E-state index in [4.69, 9.17) is 5.11 Å². The van der Waals surface area contributed by atoms with Gasteiger partial charge in [0.1, 0.15) is 5.01 Å². The zero-order valence-corrected chi connectivity index (χ0v) is 10.6. The Morgan fingerprint density at radius 3 is 3.06 bits per heavy atom. The number of amides is 1. The molecule has 1 saturated heterocycles. The average Bonchev–Trinajstić information content (AvgIpc) is 2.86. The molecule has 0 unspecified atom stereocenters. The molecule has 0 saturated carbocycles. The van der Waals surface area contributed by atoms with Crippen molar-refractivity contribution >= 4 is 23.2 Å². The number of rotatable bonds is 4. The first-order valence-electron chi connectivity index (χ1n) is 5.83. The quantitative estimate of drug-likeness (QED) is 0.738. The van der Waals surface area contributed by atoms with Gasteiger partial charge in [-0.2, -0.15) is 0 Å². The van der Waals surface area contributed by atoms with Crippen LogP contribution in [0.25, 0.3) is 0 Å². The third kappa shape index (κ3) is 3.27. The Morgan fingerprint density at radius 1 is 1.61 bits per heavy atom. The maximum absolute atomic E-state index is 11.8. The predicted molar refractivity (Wildman–Crippen MR) is 66.5 cm³/mol. The predicted octanol–water partition coefficient (Wildman–Crippen LogP) is 0.457. The summed E-state index contributed by atoms with van der Waals surface area (Å²) in [5.41, 5.74) is 0.0311. The fourth-order valence-corrected chi connectivity index (χ4v) is 2.58. The van der Waals surface area contributed by atoms with Crippen LogP contribution in [0.5, 0.6) is 0 Å². The summed E-state index contributed by atoms with van der Waals surface area (Å²) in [6.07, 6.45) is 1.91. The van der Waals surface area contributed by atoms with Crippen LogP contribution in [0.1, 0.15) is 28.3 Å². The molecule has 1 aromatic rings. The molecular formula is C11H15N3O3S. The molecule has 0 bridgehead atoms. The Labute approximate surface area is 108 Å². The molecule has 18 heavy (non-hydrogen) atoms. The molecule has 0 spiro atoms. The molecule has 2 heterocycles. The maximum atomic E-state index is 11.8. The number of hydrogen-bond acceptors (Lipinski definition) is 5.